The van der Waals surface area contributed by atoms with Crippen molar-refractivity contribution in [3.63, 3.8) is 0 Å². The number of amides is 1. The summed E-state index contributed by atoms with van der Waals surface area (Å²) in [5.41, 5.74) is 1.03. The van der Waals surface area contributed by atoms with Crippen molar-refractivity contribution >= 4 is 27.3 Å². The Kier molecular flexibility index (Phi) is 7.06. The molecule has 0 fully saturated rings. The molecule has 0 atom stereocenters. The van der Waals surface area contributed by atoms with Crippen molar-refractivity contribution < 1.29 is 22.7 Å². The van der Waals surface area contributed by atoms with E-state index in [1.807, 2.05) is 6.07 Å². The first kappa shape index (κ1) is 20.6. The fourth-order valence-electron chi connectivity index (χ4n) is 2.64. The lowest BCUT2D eigenvalue weighted by atomic mass is 10.2. The molecule has 0 heterocycles. The maximum Gasteiger partial charge on any atom is 0.232 e. The SMILES string of the molecule is COc1ccccc1NC(=O)CCCN(c1ccccc1OC)S(C)(=O)=O. The van der Waals surface area contributed by atoms with Crippen molar-refractivity contribution in [3.05, 3.63) is 48.5 Å². The van der Waals surface area contributed by atoms with Gasteiger partial charge in [0.1, 0.15) is 11.5 Å². The predicted molar refractivity (Wildman–Crippen MR) is 106 cm³/mol. The van der Waals surface area contributed by atoms with E-state index in [-0.39, 0.29) is 18.9 Å². The van der Waals surface area contributed by atoms with E-state index in [1.165, 1.54) is 18.5 Å². The van der Waals surface area contributed by atoms with Gasteiger partial charge in [0.2, 0.25) is 15.9 Å². The Bertz CT molecular complexity index is 883. The molecular formula is C19H24N2O5S. The van der Waals surface area contributed by atoms with Gasteiger partial charge in [-0.3, -0.25) is 9.10 Å². The zero-order valence-electron chi connectivity index (χ0n) is 15.6. The molecule has 0 aliphatic carbocycles. The van der Waals surface area contributed by atoms with E-state index in [0.29, 0.717) is 29.3 Å². The summed E-state index contributed by atoms with van der Waals surface area (Å²) in [6, 6.07) is 14.0. The van der Waals surface area contributed by atoms with Crippen LogP contribution in [0.15, 0.2) is 48.5 Å². The second-order valence-electron chi connectivity index (χ2n) is 5.86. The van der Waals surface area contributed by atoms with Crippen LogP contribution in [0.2, 0.25) is 0 Å². The third-order valence-electron chi connectivity index (χ3n) is 3.90. The van der Waals surface area contributed by atoms with Crippen LogP contribution in [-0.2, 0) is 14.8 Å². The lowest BCUT2D eigenvalue weighted by Crippen LogP contribution is -2.31. The van der Waals surface area contributed by atoms with E-state index in [9.17, 15) is 13.2 Å². The standard InChI is InChI=1S/C19H24N2O5S/c1-25-17-11-6-4-9-15(17)20-19(22)13-8-14-21(27(3,23)24)16-10-5-7-12-18(16)26-2/h4-7,9-12H,8,13-14H2,1-3H3,(H,20,22). The second kappa shape index (κ2) is 9.27. The number of nitrogens with one attached hydrogen (secondary N) is 1. The van der Waals surface area contributed by atoms with Gasteiger partial charge in [0.15, 0.2) is 0 Å². The molecule has 0 saturated heterocycles. The van der Waals surface area contributed by atoms with Crippen LogP contribution in [0.4, 0.5) is 11.4 Å². The highest BCUT2D eigenvalue weighted by atomic mass is 32.2. The molecule has 1 amide bonds. The van der Waals surface area contributed by atoms with Gasteiger partial charge >= 0.3 is 0 Å². The van der Waals surface area contributed by atoms with Crippen molar-refractivity contribution in [1.29, 1.82) is 0 Å². The first-order valence-corrected chi connectivity index (χ1v) is 10.2. The molecule has 2 aromatic carbocycles. The molecule has 0 aromatic heterocycles. The van der Waals surface area contributed by atoms with E-state index in [1.54, 1.807) is 42.5 Å². The number of hydrogen-bond acceptors (Lipinski definition) is 5. The minimum absolute atomic E-state index is 0.165. The van der Waals surface area contributed by atoms with E-state index in [2.05, 4.69) is 5.32 Å². The van der Waals surface area contributed by atoms with Crippen LogP contribution in [0.1, 0.15) is 12.8 Å². The molecule has 0 bridgehead atoms. The number of hydrogen-bond donors (Lipinski definition) is 1. The number of benzene rings is 2. The number of sulfonamides is 1. The summed E-state index contributed by atoms with van der Waals surface area (Å²) < 4.78 is 36.1. The molecule has 2 aromatic rings. The van der Waals surface area contributed by atoms with Crippen LogP contribution >= 0.6 is 0 Å². The van der Waals surface area contributed by atoms with Crippen LogP contribution in [-0.4, -0.2) is 41.3 Å². The zero-order chi connectivity index (χ0) is 19.9. The van der Waals surface area contributed by atoms with Crippen molar-refractivity contribution in [2.75, 3.05) is 36.6 Å². The van der Waals surface area contributed by atoms with Gasteiger partial charge in [-0.1, -0.05) is 24.3 Å². The summed E-state index contributed by atoms with van der Waals surface area (Å²) in [4.78, 5) is 12.2. The highest BCUT2D eigenvalue weighted by Gasteiger charge is 2.21. The average molecular weight is 392 g/mol. The number of carbonyl (C=O) groups excluding carboxylic acids is 1. The zero-order valence-corrected chi connectivity index (χ0v) is 16.5. The molecule has 27 heavy (non-hydrogen) atoms. The second-order valence-corrected chi connectivity index (χ2v) is 7.77. The van der Waals surface area contributed by atoms with Crippen molar-refractivity contribution in [2.45, 2.75) is 12.8 Å². The van der Waals surface area contributed by atoms with Gasteiger partial charge in [0.25, 0.3) is 0 Å². The Balaban J connectivity index is 2.03. The largest absolute Gasteiger partial charge is 0.495 e. The minimum Gasteiger partial charge on any atom is -0.495 e. The average Bonchev–Trinajstić information content (AvgIpc) is 2.64. The summed E-state index contributed by atoms with van der Waals surface area (Å²) in [5.74, 6) is 0.812. The molecule has 0 aliphatic rings. The lowest BCUT2D eigenvalue weighted by Gasteiger charge is -2.24. The monoisotopic (exact) mass is 392 g/mol. The molecule has 0 aliphatic heterocycles. The van der Waals surface area contributed by atoms with Crippen LogP contribution in [0.25, 0.3) is 0 Å². The van der Waals surface area contributed by atoms with Gasteiger partial charge in [-0.15, -0.1) is 0 Å². The lowest BCUT2D eigenvalue weighted by molar-refractivity contribution is -0.116. The first-order chi connectivity index (χ1) is 12.9. The summed E-state index contributed by atoms with van der Waals surface area (Å²) in [5, 5.41) is 2.78. The highest BCUT2D eigenvalue weighted by Crippen LogP contribution is 2.29. The number of nitrogens with zero attached hydrogens (tertiary/aromatic N) is 1. The Morgan fingerprint density at radius 2 is 1.59 bits per heavy atom. The molecule has 0 unspecified atom stereocenters. The maximum absolute atomic E-state index is 12.2. The smallest absolute Gasteiger partial charge is 0.232 e. The summed E-state index contributed by atoms with van der Waals surface area (Å²) in [6.45, 7) is 0.165. The summed E-state index contributed by atoms with van der Waals surface area (Å²) in [7, 11) is -0.500. The summed E-state index contributed by atoms with van der Waals surface area (Å²) >= 11 is 0. The number of methoxy groups -OCH3 is 2. The third kappa shape index (κ3) is 5.62. The number of anilines is 2. The Hall–Kier alpha value is -2.74. The number of para-hydroxylation sites is 4. The predicted octanol–water partition coefficient (Wildman–Crippen LogP) is 2.89. The van der Waals surface area contributed by atoms with Crippen molar-refractivity contribution in [2.24, 2.45) is 0 Å². The van der Waals surface area contributed by atoms with Crippen LogP contribution in [0.5, 0.6) is 11.5 Å². The molecule has 0 spiro atoms. The Morgan fingerprint density at radius 3 is 2.22 bits per heavy atom. The molecule has 146 valence electrons. The Labute approximate surface area is 160 Å². The van der Waals surface area contributed by atoms with Crippen LogP contribution < -0.4 is 19.1 Å². The van der Waals surface area contributed by atoms with Crippen LogP contribution in [0, 0.1) is 0 Å². The van der Waals surface area contributed by atoms with Gasteiger partial charge in [-0.2, -0.15) is 0 Å². The van der Waals surface area contributed by atoms with E-state index < -0.39 is 10.0 Å². The minimum atomic E-state index is -3.52. The van der Waals surface area contributed by atoms with Crippen molar-refractivity contribution in [1.82, 2.24) is 0 Å². The van der Waals surface area contributed by atoms with Gasteiger partial charge in [0, 0.05) is 13.0 Å². The molecule has 1 N–H and O–H groups in total. The quantitative estimate of drug-likeness (QED) is 0.709. The fourth-order valence-corrected chi connectivity index (χ4v) is 3.61. The van der Waals surface area contributed by atoms with Gasteiger partial charge < -0.3 is 14.8 Å². The van der Waals surface area contributed by atoms with E-state index in [4.69, 9.17) is 9.47 Å². The number of rotatable bonds is 9. The number of carbonyl (C=O) groups is 1. The third-order valence-corrected chi connectivity index (χ3v) is 5.08. The molecule has 0 saturated carbocycles. The first-order valence-electron chi connectivity index (χ1n) is 8.40. The highest BCUT2D eigenvalue weighted by molar-refractivity contribution is 7.92. The molecular weight excluding hydrogens is 368 g/mol. The summed E-state index contributed by atoms with van der Waals surface area (Å²) in [6.07, 6.45) is 1.65. The normalized spacial score (nSPS) is 10.9. The number of ether oxygens (including phenoxy) is 2. The van der Waals surface area contributed by atoms with E-state index >= 15 is 0 Å². The maximum atomic E-state index is 12.2. The van der Waals surface area contributed by atoms with Crippen molar-refractivity contribution in [3.8, 4) is 11.5 Å². The van der Waals surface area contributed by atoms with E-state index in [0.717, 1.165) is 6.26 Å². The molecule has 0 radical (unpaired) electrons. The topological polar surface area (TPSA) is 84.9 Å². The van der Waals surface area contributed by atoms with Gasteiger partial charge in [0.05, 0.1) is 31.9 Å². The Morgan fingerprint density at radius 1 is 1.00 bits per heavy atom. The molecule has 8 heteroatoms. The van der Waals surface area contributed by atoms with Crippen LogP contribution in [0.3, 0.4) is 0 Å². The molecule has 7 nitrogen and oxygen atoms in total. The fraction of sp³-hybridized carbons (Fsp3) is 0.316. The molecule has 2 rings (SSSR count). The van der Waals surface area contributed by atoms with Gasteiger partial charge in [-0.05, 0) is 30.7 Å². The van der Waals surface area contributed by atoms with Gasteiger partial charge in [-0.25, -0.2) is 8.42 Å².